The molecule has 0 amide bonds. The van der Waals surface area contributed by atoms with Gasteiger partial charge < -0.3 is 9.84 Å². The maximum absolute atomic E-state index is 9.64. The van der Waals surface area contributed by atoms with Crippen molar-refractivity contribution in [3.05, 3.63) is 24.2 Å². The Kier molecular flexibility index (Phi) is 2.68. The molecular weight excluding hydrogens is 218 g/mol. The molecule has 0 aromatic carbocycles. The fourth-order valence-corrected chi connectivity index (χ4v) is 2.25. The van der Waals surface area contributed by atoms with E-state index in [0.717, 1.165) is 31.9 Å². The van der Waals surface area contributed by atoms with Gasteiger partial charge in [-0.25, -0.2) is 9.50 Å². The molecule has 5 heteroatoms. The van der Waals surface area contributed by atoms with E-state index < -0.39 is 0 Å². The molecule has 0 bridgehead atoms. The first kappa shape index (κ1) is 10.5. The molecule has 1 unspecified atom stereocenters. The van der Waals surface area contributed by atoms with Gasteiger partial charge in [0.1, 0.15) is 0 Å². The highest BCUT2D eigenvalue weighted by Gasteiger charge is 2.17. The highest BCUT2D eigenvalue weighted by atomic mass is 16.5. The van der Waals surface area contributed by atoms with Crippen LogP contribution in [0.1, 0.15) is 18.7 Å². The molecule has 2 aromatic rings. The fraction of sp³-hybridized carbons (Fsp3) is 0.500. The van der Waals surface area contributed by atoms with Crippen LogP contribution in [0.5, 0.6) is 5.75 Å². The normalized spacial score (nSPS) is 20.8. The first-order valence-electron chi connectivity index (χ1n) is 5.94. The predicted molar refractivity (Wildman–Crippen MR) is 61.9 cm³/mol. The molecule has 1 saturated heterocycles. The molecule has 2 aromatic heterocycles. The SMILES string of the molecule is Oc1cccn2nc(CC3CCCOC3)nc12. The van der Waals surface area contributed by atoms with Crippen LogP contribution < -0.4 is 0 Å². The average Bonchev–Trinajstić information content (AvgIpc) is 2.74. The van der Waals surface area contributed by atoms with Gasteiger partial charge in [0.2, 0.25) is 0 Å². The van der Waals surface area contributed by atoms with Crippen molar-refractivity contribution in [2.75, 3.05) is 13.2 Å². The zero-order valence-electron chi connectivity index (χ0n) is 9.54. The average molecular weight is 233 g/mol. The van der Waals surface area contributed by atoms with Crippen molar-refractivity contribution >= 4 is 5.65 Å². The zero-order valence-corrected chi connectivity index (χ0v) is 9.54. The zero-order chi connectivity index (χ0) is 11.7. The Morgan fingerprint density at radius 2 is 2.47 bits per heavy atom. The van der Waals surface area contributed by atoms with Gasteiger partial charge in [0.25, 0.3) is 0 Å². The molecule has 3 rings (SSSR count). The van der Waals surface area contributed by atoms with Crippen molar-refractivity contribution in [1.29, 1.82) is 0 Å². The number of pyridine rings is 1. The Balaban J connectivity index is 1.83. The number of ether oxygens (including phenoxy) is 1. The molecule has 0 spiro atoms. The lowest BCUT2D eigenvalue weighted by Crippen LogP contribution is -2.19. The quantitative estimate of drug-likeness (QED) is 0.851. The second kappa shape index (κ2) is 4.33. The molecule has 0 aliphatic carbocycles. The van der Waals surface area contributed by atoms with Gasteiger partial charge >= 0.3 is 0 Å². The number of fused-ring (bicyclic) bond motifs is 1. The van der Waals surface area contributed by atoms with E-state index in [9.17, 15) is 5.11 Å². The number of rotatable bonds is 2. The van der Waals surface area contributed by atoms with Crippen molar-refractivity contribution in [3.63, 3.8) is 0 Å². The van der Waals surface area contributed by atoms with E-state index >= 15 is 0 Å². The van der Waals surface area contributed by atoms with Gasteiger partial charge in [-0.2, -0.15) is 5.10 Å². The number of hydrogen-bond donors (Lipinski definition) is 1. The molecule has 1 aliphatic heterocycles. The van der Waals surface area contributed by atoms with Gasteiger partial charge in [-0.15, -0.1) is 0 Å². The van der Waals surface area contributed by atoms with Crippen LogP contribution in [0.2, 0.25) is 0 Å². The third-order valence-electron chi connectivity index (χ3n) is 3.11. The second-order valence-electron chi connectivity index (χ2n) is 4.48. The topological polar surface area (TPSA) is 59.7 Å². The first-order valence-corrected chi connectivity index (χ1v) is 5.94. The molecule has 0 saturated carbocycles. The molecule has 0 radical (unpaired) electrons. The monoisotopic (exact) mass is 233 g/mol. The lowest BCUT2D eigenvalue weighted by atomic mass is 9.98. The van der Waals surface area contributed by atoms with Crippen LogP contribution in [-0.2, 0) is 11.2 Å². The highest BCUT2D eigenvalue weighted by Crippen LogP contribution is 2.20. The summed E-state index contributed by atoms with van der Waals surface area (Å²) in [4.78, 5) is 4.35. The third kappa shape index (κ3) is 2.10. The molecule has 5 nitrogen and oxygen atoms in total. The lowest BCUT2D eigenvalue weighted by Gasteiger charge is -2.20. The molecule has 3 heterocycles. The summed E-state index contributed by atoms with van der Waals surface area (Å²) in [5.74, 6) is 1.46. The number of hydrogen-bond acceptors (Lipinski definition) is 4. The number of aromatic nitrogens is 3. The minimum atomic E-state index is 0.172. The number of nitrogens with zero attached hydrogens (tertiary/aromatic N) is 3. The Labute approximate surface area is 99.0 Å². The van der Waals surface area contributed by atoms with Crippen LogP contribution in [0, 0.1) is 5.92 Å². The summed E-state index contributed by atoms with van der Waals surface area (Å²) in [6.07, 6.45) is 4.90. The lowest BCUT2D eigenvalue weighted by molar-refractivity contribution is 0.0543. The van der Waals surface area contributed by atoms with E-state index in [4.69, 9.17) is 4.74 Å². The number of aromatic hydroxyl groups is 1. The van der Waals surface area contributed by atoms with Crippen molar-refractivity contribution in [2.24, 2.45) is 5.92 Å². The molecule has 1 N–H and O–H groups in total. The summed E-state index contributed by atoms with van der Waals surface area (Å²) in [6.45, 7) is 1.66. The van der Waals surface area contributed by atoms with Gasteiger partial charge in [-0.05, 0) is 30.9 Å². The van der Waals surface area contributed by atoms with Crippen molar-refractivity contribution in [2.45, 2.75) is 19.3 Å². The summed E-state index contributed by atoms with van der Waals surface area (Å²) < 4.78 is 7.06. The van der Waals surface area contributed by atoms with E-state index in [1.807, 2.05) is 0 Å². The maximum atomic E-state index is 9.64. The summed E-state index contributed by atoms with van der Waals surface area (Å²) in [7, 11) is 0. The van der Waals surface area contributed by atoms with E-state index in [-0.39, 0.29) is 5.75 Å². The Morgan fingerprint density at radius 1 is 1.53 bits per heavy atom. The van der Waals surface area contributed by atoms with Crippen LogP contribution >= 0.6 is 0 Å². The molecular formula is C12H15N3O2. The van der Waals surface area contributed by atoms with Gasteiger partial charge in [0, 0.05) is 25.8 Å². The third-order valence-corrected chi connectivity index (χ3v) is 3.11. The Bertz CT molecular complexity index is 517. The van der Waals surface area contributed by atoms with Gasteiger partial charge in [0.05, 0.1) is 0 Å². The Morgan fingerprint density at radius 3 is 3.24 bits per heavy atom. The van der Waals surface area contributed by atoms with Crippen LogP contribution in [0.4, 0.5) is 0 Å². The predicted octanol–water partition coefficient (Wildman–Crippen LogP) is 1.40. The minimum Gasteiger partial charge on any atom is -0.504 e. The van der Waals surface area contributed by atoms with E-state index in [0.29, 0.717) is 11.6 Å². The summed E-state index contributed by atoms with van der Waals surface area (Å²) in [5, 5.41) is 14.0. The molecule has 1 fully saturated rings. The van der Waals surface area contributed by atoms with E-state index in [1.165, 1.54) is 6.42 Å². The molecule has 1 aliphatic rings. The van der Waals surface area contributed by atoms with Gasteiger partial charge in [-0.1, -0.05) is 0 Å². The second-order valence-corrected chi connectivity index (χ2v) is 4.48. The van der Waals surface area contributed by atoms with Gasteiger partial charge in [0.15, 0.2) is 17.2 Å². The van der Waals surface area contributed by atoms with Crippen molar-refractivity contribution in [1.82, 2.24) is 14.6 Å². The summed E-state index contributed by atoms with van der Waals surface area (Å²) >= 11 is 0. The maximum Gasteiger partial charge on any atom is 0.197 e. The van der Waals surface area contributed by atoms with Crippen LogP contribution in [0.3, 0.4) is 0 Å². The molecule has 1 atom stereocenters. The smallest absolute Gasteiger partial charge is 0.197 e. The first-order chi connectivity index (χ1) is 8.33. The van der Waals surface area contributed by atoms with Crippen LogP contribution in [-0.4, -0.2) is 32.9 Å². The van der Waals surface area contributed by atoms with E-state index in [1.54, 1.807) is 22.8 Å². The van der Waals surface area contributed by atoms with Gasteiger partial charge in [-0.3, -0.25) is 0 Å². The summed E-state index contributed by atoms with van der Waals surface area (Å²) in [6, 6.07) is 3.38. The fourth-order valence-electron chi connectivity index (χ4n) is 2.25. The minimum absolute atomic E-state index is 0.172. The molecule has 90 valence electrons. The van der Waals surface area contributed by atoms with Crippen molar-refractivity contribution < 1.29 is 9.84 Å². The van der Waals surface area contributed by atoms with Crippen molar-refractivity contribution in [3.8, 4) is 5.75 Å². The molecule has 17 heavy (non-hydrogen) atoms. The van der Waals surface area contributed by atoms with Crippen LogP contribution in [0.15, 0.2) is 18.3 Å². The highest BCUT2D eigenvalue weighted by molar-refractivity contribution is 5.51. The van der Waals surface area contributed by atoms with Crippen LogP contribution in [0.25, 0.3) is 5.65 Å². The standard InChI is InChI=1S/C12H15N3O2/c16-10-4-1-5-15-12(10)13-11(14-15)7-9-3-2-6-17-8-9/h1,4-5,9,16H,2-3,6-8H2. The Hall–Kier alpha value is -1.62. The summed E-state index contributed by atoms with van der Waals surface area (Å²) in [5.41, 5.74) is 0.527. The van der Waals surface area contributed by atoms with E-state index in [2.05, 4.69) is 10.1 Å². The largest absolute Gasteiger partial charge is 0.504 e.